The zero-order valence-electron chi connectivity index (χ0n) is 15.5. The Labute approximate surface area is 171 Å². The van der Waals surface area contributed by atoms with Crippen molar-refractivity contribution in [3.63, 3.8) is 0 Å². The Morgan fingerprint density at radius 1 is 1.14 bits per heavy atom. The number of imide groups is 1. The van der Waals surface area contributed by atoms with Crippen LogP contribution in [0.15, 0.2) is 42.5 Å². The van der Waals surface area contributed by atoms with Gasteiger partial charge in [-0.15, -0.1) is 0 Å². The minimum atomic E-state index is -1.26. The van der Waals surface area contributed by atoms with Gasteiger partial charge in [0.25, 0.3) is 5.91 Å². The Bertz CT molecular complexity index is 994. The van der Waals surface area contributed by atoms with Crippen LogP contribution in [0, 0.1) is 0 Å². The van der Waals surface area contributed by atoms with Crippen molar-refractivity contribution in [2.75, 3.05) is 25.1 Å². The second-order valence-electron chi connectivity index (χ2n) is 6.86. The second-order valence-corrected chi connectivity index (χ2v) is 7.30. The molecule has 0 bridgehead atoms. The Morgan fingerprint density at radius 3 is 2.55 bits per heavy atom. The molecule has 0 aliphatic carbocycles. The van der Waals surface area contributed by atoms with Gasteiger partial charge in [-0.05, 0) is 36.8 Å². The van der Waals surface area contributed by atoms with Crippen molar-refractivity contribution in [1.29, 1.82) is 0 Å². The molecule has 1 atom stereocenters. The number of nitrogens with zero attached hydrogens (tertiary/aromatic N) is 1. The van der Waals surface area contributed by atoms with Gasteiger partial charge in [-0.25, -0.2) is 4.79 Å². The van der Waals surface area contributed by atoms with E-state index in [0.717, 1.165) is 4.90 Å². The number of anilines is 1. The van der Waals surface area contributed by atoms with E-state index in [1.54, 1.807) is 49.4 Å². The van der Waals surface area contributed by atoms with Crippen molar-refractivity contribution >= 4 is 35.1 Å². The van der Waals surface area contributed by atoms with Gasteiger partial charge < -0.3 is 20.1 Å². The standard InChI is InChI=1S/C20H18ClN3O5/c1-20(12-2-4-13(21)5-3-12)18(26)24(19(27)23-20)11-17(25)22-14-6-7-15-16(10-14)29-9-8-28-15/h2-7,10H,8-9,11H2,1H3,(H,22,25)(H,23,27)/t20-/m0/s1. The quantitative estimate of drug-likeness (QED) is 0.748. The first-order valence-corrected chi connectivity index (χ1v) is 9.34. The molecule has 0 saturated carbocycles. The average Bonchev–Trinajstić information content (AvgIpc) is 2.92. The summed E-state index contributed by atoms with van der Waals surface area (Å²) in [4.78, 5) is 38.6. The topological polar surface area (TPSA) is 97.0 Å². The van der Waals surface area contributed by atoms with Crippen LogP contribution in [-0.2, 0) is 15.1 Å². The van der Waals surface area contributed by atoms with Crippen LogP contribution >= 0.6 is 11.6 Å². The normalized spacial score (nSPS) is 20.4. The first-order valence-electron chi connectivity index (χ1n) is 8.96. The summed E-state index contributed by atoms with van der Waals surface area (Å²) in [6.45, 7) is 2.07. The molecule has 0 radical (unpaired) electrons. The predicted octanol–water partition coefficient (Wildman–Crippen LogP) is 2.52. The van der Waals surface area contributed by atoms with Crippen LogP contribution in [0.3, 0.4) is 0 Å². The lowest BCUT2D eigenvalue weighted by atomic mass is 9.92. The van der Waals surface area contributed by atoms with Crippen LogP contribution in [0.4, 0.5) is 10.5 Å². The number of hydrogen-bond donors (Lipinski definition) is 2. The molecule has 150 valence electrons. The summed E-state index contributed by atoms with van der Waals surface area (Å²) in [5.41, 5.74) is -0.208. The fourth-order valence-corrected chi connectivity index (χ4v) is 3.41. The monoisotopic (exact) mass is 415 g/mol. The SMILES string of the molecule is C[C@@]1(c2ccc(Cl)cc2)NC(=O)N(CC(=O)Nc2ccc3c(c2)OCCO3)C1=O. The van der Waals surface area contributed by atoms with Gasteiger partial charge in [0.05, 0.1) is 0 Å². The van der Waals surface area contributed by atoms with Crippen LogP contribution in [0.5, 0.6) is 11.5 Å². The van der Waals surface area contributed by atoms with Gasteiger partial charge in [0.1, 0.15) is 25.3 Å². The number of urea groups is 1. The molecule has 2 aliphatic heterocycles. The Morgan fingerprint density at radius 2 is 1.83 bits per heavy atom. The highest BCUT2D eigenvalue weighted by atomic mass is 35.5. The van der Waals surface area contributed by atoms with Crippen LogP contribution < -0.4 is 20.1 Å². The average molecular weight is 416 g/mol. The summed E-state index contributed by atoms with van der Waals surface area (Å²) in [5.74, 6) is 0.106. The predicted molar refractivity (Wildman–Crippen MR) is 105 cm³/mol. The molecule has 2 aromatic carbocycles. The Kier molecular flexibility index (Phi) is 4.79. The van der Waals surface area contributed by atoms with Crippen molar-refractivity contribution < 1.29 is 23.9 Å². The summed E-state index contributed by atoms with van der Waals surface area (Å²) in [6, 6.07) is 11.0. The largest absolute Gasteiger partial charge is 0.486 e. The number of fused-ring (bicyclic) bond motifs is 1. The Hall–Kier alpha value is -3.26. The van der Waals surface area contributed by atoms with E-state index < -0.39 is 29.9 Å². The number of benzene rings is 2. The van der Waals surface area contributed by atoms with Crippen LogP contribution in [0.1, 0.15) is 12.5 Å². The lowest BCUT2D eigenvalue weighted by Gasteiger charge is -2.22. The molecular weight excluding hydrogens is 398 g/mol. The van der Waals surface area contributed by atoms with Crippen molar-refractivity contribution in [2.45, 2.75) is 12.5 Å². The van der Waals surface area contributed by atoms with Gasteiger partial charge in [0, 0.05) is 16.8 Å². The van der Waals surface area contributed by atoms with Crippen molar-refractivity contribution in [1.82, 2.24) is 10.2 Å². The molecule has 29 heavy (non-hydrogen) atoms. The van der Waals surface area contributed by atoms with E-state index in [4.69, 9.17) is 21.1 Å². The van der Waals surface area contributed by atoms with Crippen LogP contribution in [0.25, 0.3) is 0 Å². The molecule has 2 aliphatic rings. The highest BCUT2D eigenvalue weighted by molar-refractivity contribution is 6.30. The fourth-order valence-electron chi connectivity index (χ4n) is 3.28. The first kappa shape index (κ1) is 19.1. The molecule has 8 nitrogen and oxygen atoms in total. The smallest absolute Gasteiger partial charge is 0.325 e. The molecule has 9 heteroatoms. The summed E-state index contributed by atoms with van der Waals surface area (Å²) in [5, 5.41) is 5.84. The molecule has 2 aromatic rings. The molecule has 1 fully saturated rings. The van der Waals surface area contributed by atoms with Gasteiger partial charge in [-0.1, -0.05) is 23.7 Å². The molecule has 4 amide bonds. The lowest BCUT2D eigenvalue weighted by molar-refractivity contribution is -0.133. The third-order valence-corrected chi connectivity index (χ3v) is 5.08. The maximum absolute atomic E-state index is 12.9. The number of rotatable bonds is 4. The summed E-state index contributed by atoms with van der Waals surface area (Å²) < 4.78 is 10.9. The molecule has 2 heterocycles. The highest BCUT2D eigenvalue weighted by Crippen LogP contribution is 2.33. The third kappa shape index (κ3) is 3.58. The van der Waals surface area contributed by atoms with E-state index in [2.05, 4.69) is 10.6 Å². The number of ether oxygens (including phenoxy) is 2. The molecule has 0 aromatic heterocycles. The van der Waals surface area contributed by atoms with E-state index in [-0.39, 0.29) is 0 Å². The van der Waals surface area contributed by atoms with Crippen molar-refractivity contribution in [3.8, 4) is 11.5 Å². The van der Waals surface area contributed by atoms with Gasteiger partial charge >= 0.3 is 6.03 Å². The minimum absolute atomic E-state index is 0.414. The number of nitrogens with one attached hydrogen (secondary N) is 2. The zero-order chi connectivity index (χ0) is 20.6. The zero-order valence-corrected chi connectivity index (χ0v) is 16.3. The number of hydrogen-bond acceptors (Lipinski definition) is 5. The highest BCUT2D eigenvalue weighted by Gasteiger charge is 2.49. The van der Waals surface area contributed by atoms with Gasteiger partial charge in [-0.2, -0.15) is 0 Å². The van der Waals surface area contributed by atoms with Gasteiger partial charge in [0.2, 0.25) is 5.91 Å². The van der Waals surface area contributed by atoms with Gasteiger partial charge in [0.15, 0.2) is 11.5 Å². The molecule has 1 saturated heterocycles. The number of carbonyl (C=O) groups excluding carboxylic acids is 3. The summed E-state index contributed by atoms with van der Waals surface area (Å²) in [6.07, 6.45) is 0. The van der Waals surface area contributed by atoms with Crippen LogP contribution in [-0.4, -0.2) is 42.5 Å². The van der Waals surface area contributed by atoms with E-state index in [1.807, 2.05) is 0 Å². The number of halogens is 1. The molecule has 2 N–H and O–H groups in total. The molecule has 0 unspecified atom stereocenters. The summed E-state index contributed by atoms with van der Waals surface area (Å²) >= 11 is 5.90. The van der Waals surface area contributed by atoms with E-state index in [1.165, 1.54) is 0 Å². The fraction of sp³-hybridized carbons (Fsp3) is 0.250. The van der Waals surface area contributed by atoms with Gasteiger partial charge in [-0.3, -0.25) is 14.5 Å². The minimum Gasteiger partial charge on any atom is -0.486 e. The van der Waals surface area contributed by atoms with Crippen LogP contribution in [0.2, 0.25) is 5.02 Å². The second kappa shape index (κ2) is 7.29. The third-order valence-electron chi connectivity index (χ3n) is 4.82. The Balaban J connectivity index is 1.46. The molecular formula is C20H18ClN3O5. The van der Waals surface area contributed by atoms with E-state index in [9.17, 15) is 14.4 Å². The summed E-state index contributed by atoms with van der Waals surface area (Å²) in [7, 11) is 0. The number of carbonyl (C=O) groups is 3. The lowest BCUT2D eigenvalue weighted by Crippen LogP contribution is -2.42. The van der Waals surface area contributed by atoms with E-state index in [0.29, 0.717) is 41.0 Å². The van der Waals surface area contributed by atoms with Crippen molar-refractivity contribution in [2.24, 2.45) is 0 Å². The molecule has 0 spiro atoms. The van der Waals surface area contributed by atoms with E-state index >= 15 is 0 Å². The maximum atomic E-state index is 12.9. The van der Waals surface area contributed by atoms with Crippen molar-refractivity contribution in [3.05, 3.63) is 53.1 Å². The number of amides is 4. The molecule has 4 rings (SSSR count). The first-order chi connectivity index (χ1) is 13.9. The maximum Gasteiger partial charge on any atom is 0.325 e.